The monoisotopic (exact) mass is 543 g/mol. The molecule has 0 amide bonds. The zero-order chi connectivity index (χ0) is 29.0. The van der Waals surface area contributed by atoms with E-state index < -0.39 is 10.8 Å². The predicted octanol–water partition coefficient (Wildman–Crippen LogP) is 7.00. The average Bonchev–Trinajstić information content (AvgIpc) is 3.30. The number of fused-ring (bicyclic) bond motifs is 7. The highest BCUT2D eigenvalue weighted by Gasteiger charge is 2.70. The molecule has 1 heterocycles. The number of ketones is 2. The standard InChI is InChI=1S/C34H45N3O3/c1-19-9-12-34(17-26-36-21(3)37-40-26)14-13-33(8)28(27(34)20(19)2)23(38)15-25-31(6)16-22(18-35)29(39)30(4,5)24(31)10-11-32(25,33)7/h15-16,19-20,24,27-28H,9-14,17H2,1-8H3/t19-,20+,24+,27+,28-,31+,32-,33-,34-/m1/s1. The Bertz CT molecular complexity index is 1390. The van der Waals surface area contributed by atoms with Crippen LogP contribution >= 0.6 is 0 Å². The third-order valence-electron chi connectivity index (χ3n) is 13.5. The first kappa shape index (κ1) is 27.6. The molecular weight excluding hydrogens is 498 g/mol. The highest BCUT2D eigenvalue weighted by molar-refractivity contribution is 6.04. The topological polar surface area (TPSA) is 96.9 Å². The van der Waals surface area contributed by atoms with Crippen LogP contribution in [0.25, 0.3) is 0 Å². The summed E-state index contributed by atoms with van der Waals surface area (Å²) in [6, 6.07) is 2.21. The SMILES string of the molecule is Cc1noc(C[C@]23CC[C@@H](C)[C@H](C)[C@H]2[C@H]2C(=O)C=C4[C@@]5(C)C=C(C#N)C(=O)C(C)(C)[C@@H]5CC[C@@]4(C)[C@]2(C)CC3)n1. The molecule has 3 saturated carbocycles. The second kappa shape index (κ2) is 8.49. The number of hydrogen-bond donors (Lipinski definition) is 0. The highest BCUT2D eigenvalue weighted by atomic mass is 16.5. The molecule has 0 unspecified atom stereocenters. The number of rotatable bonds is 2. The van der Waals surface area contributed by atoms with E-state index in [-0.39, 0.29) is 51.1 Å². The summed E-state index contributed by atoms with van der Waals surface area (Å²) >= 11 is 0. The van der Waals surface area contributed by atoms with E-state index in [4.69, 9.17) is 4.52 Å². The van der Waals surface area contributed by atoms with Gasteiger partial charge in [0, 0.05) is 23.2 Å². The van der Waals surface area contributed by atoms with E-state index in [1.54, 1.807) is 0 Å². The smallest absolute Gasteiger partial charge is 0.227 e. The van der Waals surface area contributed by atoms with Crippen LogP contribution in [0.3, 0.4) is 0 Å². The Hall–Kier alpha value is -2.55. The van der Waals surface area contributed by atoms with Gasteiger partial charge in [-0.05, 0) is 91.4 Å². The molecule has 5 aliphatic carbocycles. The molecule has 6 heteroatoms. The maximum atomic E-state index is 14.6. The minimum Gasteiger partial charge on any atom is -0.339 e. The number of nitriles is 1. The largest absolute Gasteiger partial charge is 0.339 e. The molecule has 0 bridgehead atoms. The number of aromatic nitrogens is 2. The molecule has 0 spiro atoms. The van der Waals surface area contributed by atoms with Crippen molar-refractivity contribution in [3.05, 3.63) is 35.0 Å². The number of Topliss-reactive ketones (excluding diaryl/α,β-unsaturated/α-hetero) is 1. The van der Waals surface area contributed by atoms with E-state index in [1.807, 2.05) is 32.9 Å². The van der Waals surface area contributed by atoms with E-state index in [0.29, 0.717) is 23.6 Å². The van der Waals surface area contributed by atoms with E-state index >= 15 is 0 Å². The van der Waals surface area contributed by atoms with Gasteiger partial charge in [0.1, 0.15) is 6.07 Å². The van der Waals surface area contributed by atoms with Crippen LogP contribution in [0.1, 0.15) is 98.7 Å². The minimum absolute atomic E-state index is 0.0271. The molecule has 6 rings (SSSR count). The second-order valence-electron chi connectivity index (χ2n) is 15.5. The Kier molecular flexibility index (Phi) is 5.86. The van der Waals surface area contributed by atoms with Crippen LogP contribution in [-0.4, -0.2) is 21.7 Å². The zero-order valence-electron chi connectivity index (χ0n) is 25.6. The van der Waals surface area contributed by atoms with Gasteiger partial charge < -0.3 is 4.52 Å². The van der Waals surface area contributed by atoms with Gasteiger partial charge in [-0.1, -0.05) is 65.3 Å². The first-order valence-electron chi connectivity index (χ1n) is 15.4. The van der Waals surface area contributed by atoms with Gasteiger partial charge in [-0.2, -0.15) is 10.2 Å². The summed E-state index contributed by atoms with van der Waals surface area (Å²) in [6.45, 7) is 17.6. The van der Waals surface area contributed by atoms with Crippen LogP contribution < -0.4 is 0 Å². The lowest BCUT2D eigenvalue weighted by molar-refractivity contribution is -0.177. The van der Waals surface area contributed by atoms with Crippen LogP contribution in [0.4, 0.5) is 0 Å². The summed E-state index contributed by atoms with van der Waals surface area (Å²) in [4.78, 5) is 32.5. The van der Waals surface area contributed by atoms with Gasteiger partial charge in [-0.25, -0.2) is 0 Å². The lowest BCUT2D eigenvalue weighted by Crippen LogP contribution is -2.65. The fourth-order valence-corrected chi connectivity index (χ4v) is 11.0. The molecule has 0 aliphatic heterocycles. The Balaban J connectivity index is 1.51. The Morgan fingerprint density at radius 1 is 1.05 bits per heavy atom. The van der Waals surface area contributed by atoms with E-state index in [2.05, 4.69) is 50.8 Å². The van der Waals surface area contributed by atoms with E-state index in [1.165, 1.54) is 0 Å². The summed E-state index contributed by atoms with van der Waals surface area (Å²) in [5, 5.41) is 14.0. The summed E-state index contributed by atoms with van der Waals surface area (Å²) < 4.78 is 5.67. The Labute approximate surface area is 239 Å². The molecule has 214 valence electrons. The van der Waals surface area contributed by atoms with Crippen molar-refractivity contribution in [3.8, 4) is 6.07 Å². The summed E-state index contributed by atoms with van der Waals surface area (Å²) in [5.74, 6) is 2.75. The van der Waals surface area contributed by atoms with Crippen molar-refractivity contribution in [2.45, 2.75) is 100 Å². The second-order valence-corrected chi connectivity index (χ2v) is 15.5. The van der Waals surface area contributed by atoms with Crippen molar-refractivity contribution in [2.75, 3.05) is 0 Å². The molecule has 1 aromatic heterocycles. The van der Waals surface area contributed by atoms with Gasteiger partial charge in [-0.15, -0.1) is 0 Å². The molecule has 0 saturated heterocycles. The minimum atomic E-state index is -0.644. The van der Waals surface area contributed by atoms with Gasteiger partial charge in [0.15, 0.2) is 17.4 Å². The summed E-state index contributed by atoms with van der Waals surface area (Å²) in [5.41, 5.74) is -0.169. The maximum absolute atomic E-state index is 14.6. The van der Waals surface area contributed by atoms with Gasteiger partial charge in [0.05, 0.1) is 5.57 Å². The van der Waals surface area contributed by atoms with E-state index in [9.17, 15) is 14.9 Å². The molecule has 9 atom stereocenters. The molecular formula is C34H45N3O3. The van der Waals surface area contributed by atoms with Gasteiger partial charge >= 0.3 is 0 Å². The number of carbonyl (C=O) groups excluding carboxylic acids is 2. The molecule has 3 fully saturated rings. The van der Waals surface area contributed by atoms with Crippen LogP contribution in [0, 0.1) is 74.9 Å². The molecule has 6 nitrogen and oxygen atoms in total. The van der Waals surface area contributed by atoms with Crippen LogP contribution in [-0.2, 0) is 16.0 Å². The molecule has 40 heavy (non-hydrogen) atoms. The Morgan fingerprint density at radius 2 is 1.77 bits per heavy atom. The predicted molar refractivity (Wildman–Crippen MR) is 152 cm³/mol. The lowest BCUT2D eigenvalue weighted by Gasteiger charge is -2.69. The van der Waals surface area contributed by atoms with Crippen LogP contribution in [0.2, 0.25) is 0 Å². The zero-order valence-corrected chi connectivity index (χ0v) is 25.6. The number of allylic oxidation sites excluding steroid dienone is 4. The van der Waals surface area contributed by atoms with Gasteiger partial charge in [-0.3, -0.25) is 9.59 Å². The number of carbonyl (C=O) groups is 2. The van der Waals surface area contributed by atoms with Gasteiger partial charge in [0.25, 0.3) is 0 Å². The lowest BCUT2D eigenvalue weighted by atomic mass is 9.33. The number of aryl methyl sites for hydroxylation is 1. The fourth-order valence-electron chi connectivity index (χ4n) is 11.0. The molecule has 5 aliphatic rings. The van der Waals surface area contributed by atoms with E-state index in [0.717, 1.165) is 50.5 Å². The van der Waals surface area contributed by atoms with Crippen molar-refractivity contribution in [2.24, 2.45) is 56.7 Å². The first-order chi connectivity index (χ1) is 18.6. The third-order valence-corrected chi connectivity index (χ3v) is 13.5. The van der Waals surface area contributed by atoms with Crippen molar-refractivity contribution in [1.82, 2.24) is 10.1 Å². The molecule has 0 radical (unpaired) electrons. The van der Waals surface area contributed by atoms with Crippen LogP contribution in [0.5, 0.6) is 0 Å². The first-order valence-corrected chi connectivity index (χ1v) is 15.4. The molecule has 0 N–H and O–H groups in total. The fraction of sp³-hybridized carbons (Fsp3) is 0.735. The number of nitrogens with zero attached hydrogens (tertiary/aromatic N) is 3. The Morgan fingerprint density at radius 3 is 2.42 bits per heavy atom. The van der Waals surface area contributed by atoms with Crippen molar-refractivity contribution >= 4 is 11.6 Å². The van der Waals surface area contributed by atoms with Crippen LogP contribution in [0.15, 0.2) is 27.8 Å². The molecule has 1 aromatic rings. The average molecular weight is 544 g/mol. The molecule has 0 aromatic carbocycles. The third kappa shape index (κ3) is 3.33. The van der Waals surface area contributed by atoms with Crippen molar-refractivity contribution < 1.29 is 14.1 Å². The number of hydrogen-bond acceptors (Lipinski definition) is 6. The van der Waals surface area contributed by atoms with Gasteiger partial charge in [0.2, 0.25) is 5.89 Å². The summed E-state index contributed by atoms with van der Waals surface area (Å²) in [6.07, 6.45) is 10.8. The highest BCUT2D eigenvalue weighted by Crippen LogP contribution is 2.74. The summed E-state index contributed by atoms with van der Waals surface area (Å²) in [7, 11) is 0. The normalized spacial score (nSPS) is 45.7. The quantitative estimate of drug-likeness (QED) is 0.399. The van der Waals surface area contributed by atoms with Crippen molar-refractivity contribution in [1.29, 1.82) is 5.26 Å². The van der Waals surface area contributed by atoms with Crippen molar-refractivity contribution in [3.63, 3.8) is 0 Å². The maximum Gasteiger partial charge on any atom is 0.227 e.